The van der Waals surface area contributed by atoms with Crippen molar-refractivity contribution < 1.29 is 33.8 Å². The van der Waals surface area contributed by atoms with Crippen molar-refractivity contribution in [2.45, 2.75) is 33.1 Å². The van der Waals surface area contributed by atoms with Crippen LogP contribution in [0.4, 0.5) is 0 Å². The summed E-state index contributed by atoms with van der Waals surface area (Å²) in [4.78, 5) is 47.1. The van der Waals surface area contributed by atoms with E-state index in [1.54, 1.807) is 13.8 Å². The summed E-state index contributed by atoms with van der Waals surface area (Å²) in [6.45, 7) is 3.17. The minimum Gasteiger partial charge on any atom is -0.481 e. The van der Waals surface area contributed by atoms with E-state index in [1.807, 2.05) is 0 Å². The molecule has 112 valence electrons. The maximum Gasteiger partial charge on any atom is 0.331 e. The Bertz CT molecular complexity index is 408. The Hall–Kier alpha value is -1.92. The van der Waals surface area contributed by atoms with Crippen LogP contribution in [0.15, 0.2) is 0 Å². The molecule has 20 heavy (non-hydrogen) atoms. The molecule has 1 N–H and O–H groups in total. The quantitative estimate of drug-likeness (QED) is 0.561. The molecule has 0 saturated heterocycles. The van der Waals surface area contributed by atoms with Crippen LogP contribution in [0, 0.1) is 11.3 Å². The van der Waals surface area contributed by atoms with Gasteiger partial charge < -0.3 is 14.6 Å². The van der Waals surface area contributed by atoms with E-state index in [1.165, 1.54) is 0 Å². The van der Waals surface area contributed by atoms with Crippen molar-refractivity contribution in [2.75, 3.05) is 13.2 Å². The maximum absolute atomic E-state index is 12.3. The average molecular weight is 286 g/mol. The molecule has 0 radical (unpaired) electrons. The number of carbonyl (C=O) groups excluding carboxylic acids is 3. The summed E-state index contributed by atoms with van der Waals surface area (Å²) in [7, 11) is 0. The summed E-state index contributed by atoms with van der Waals surface area (Å²) in [6, 6.07) is 0. The van der Waals surface area contributed by atoms with E-state index in [9.17, 15) is 19.2 Å². The molecule has 0 spiro atoms. The minimum absolute atomic E-state index is 0.0247. The zero-order valence-corrected chi connectivity index (χ0v) is 11.5. The molecular formula is C13H18O7. The van der Waals surface area contributed by atoms with Crippen molar-refractivity contribution >= 4 is 23.7 Å². The van der Waals surface area contributed by atoms with Gasteiger partial charge in [0.25, 0.3) is 0 Å². The van der Waals surface area contributed by atoms with Crippen LogP contribution in [0.2, 0.25) is 0 Å². The van der Waals surface area contributed by atoms with Gasteiger partial charge in [-0.25, -0.2) is 0 Å². The molecule has 7 nitrogen and oxygen atoms in total. The third-order valence-corrected chi connectivity index (χ3v) is 3.33. The first kappa shape index (κ1) is 16.1. The zero-order valence-electron chi connectivity index (χ0n) is 11.5. The smallest absolute Gasteiger partial charge is 0.331 e. The summed E-state index contributed by atoms with van der Waals surface area (Å²) in [5.74, 6) is -4.61. The number of hydrogen-bond donors (Lipinski definition) is 1. The zero-order chi connectivity index (χ0) is 15.3. The number of Topliss-reactive ketones (excluding diaryl/α,β-unsaturated/α-hetero) is 1. The van der Waals surface area contributed by atoms with Gasteiger partial charge in [-0.05, 0) is 26.7 Å². The average Bonchev–Trinajstić information content (AvgIpc) is 2.68. The third-order valence-electron chi connectivity index (χ3n) is 3.33. The molecule has 1 saturated carbocycles. The lowest BCUT2D eigenvalue weighted by Gasteiger charge is -2.23. The van der Waals surface area contributed by atoms with Crippen LogP contribution in [0.25, 0.3) is 0 Å². The molecule has 1 fully saturated rings. The summed E-state index contributed by atoms with van der Waals surface area (Å²) in [5, 5.41) is 8.76. The summed E-state index contributed by atoms with van der Waals surface area (Å²) < 4.78 is 9.62. The highest BCUT2D eigenvalue weighted by Gasteiger charge is 2.61. The highest BCUT2D eigenvalue weighted by atomic mass is 16.6. The molecule has 0 aliphatic heterocycles. The van der Waals surface area contributed by atoms with Gasteiger partial charge in [-0.1, -0.05) is 0 Å². The van der Waals surface area contributed by atoms with Gasteiger partial charge in [0.05, 0.1) is 19.6 Å². The second-order valence-electron chi connectivity index (χ2n) is 4.54. The van der Waals surface area contributed by atoms with E-state index in [4.69, 9.17) is 14.6 Å². The van der Waals surface area contributed by atoms with Gasteiger partial charge in [-0.15, -0.1) is 0 Å². The number of hydrogen-bond acceptors (Lipinski definition) is 6. The Morgan fingerprint density at radius 3 is 2.10 bits per heavy atom. The van der Waals surface area contributed by atoms with Crippen LogP contribution in [-0.2, 0) is 28.7 Å². The standard InChI is InChI=1S/C13H18O7/c1-3-19-11(17)13(12(18)20-4-2)6-5-8(10(13)16)7-9(14)15/h8H,3-7H2,1-2H3,(H,14,15). The molecule has 7 heteroatoms. The molecule has 0 amide bonds. The summed E-state index contributed by atoms with van der Waals surface area (Å²) >= 11 is 0. The van der Waals surface area contributed by atoms with Crippen LogP contribution < -0.4 is 0 Å². The Morgan fingerprint density at radius 1 is 1.20 bits per heavy atom. The second kappa shape index (κ2) is 6.49. The largest absolute Gasteiger partial charge is 0.481 e. The SMILES string of the molecule is CCOC(=O)C1(C(=O)OCC)CCC(CC(=O)O)C1=O. The molecule has 0 heterocycles. The third kappa shape index (κ3) is 2.81. The van der Waals surface area contributed by atoms with E-state index in [2.05, 4.69) is 0 Å². The van der Waals surface area contributed by atoms with Crippen molar-refractivity contribution in [1.82, 2.24) is 0 Å². The fraction of sp³-hybridized carbons (Fsp3) is 0.692. The van der Waals surface area contributed by atoms with Crippen molar-refractivity contribution in [3.63, 3.8) is 0 Å². The number of carbonyl (C=O) groups is 4. The highest BCUT2D eigenvalue weighted by molar-refractivity contribution is 6.22. The van der Waals surface area contributed by atoms with Crippen LogP contribution in [0.5, 0.6) is 0 Å². The minimum atomic E-state index is -1.99. The Morgan fingerprint density at radius 2 is 1.70 bits per heavy atom. The van der Waals surface area contributed by atoms with Crippen molar-refractivity contribution in [3.8, 4) is 0 Å². The molecular weight excluding hydrogens is 268 g/mol. The number of rotatable bonds is 6. The van der Waals surface area contributed by atoms with Gasteiger partial charge in [-0.3, -0.25) is 19.2 Å². The summed E-state index contributed by atoms with van der Waals surface area (Å²) in [6.07, 6.45) is -0.316. The first-order valence-electron chi connectivity index (χ1n) is 6.50. The van der Waals surface area contributed by atoms with E-state index < -0.39 is 41.4 Å². The fourth-order valence-electron chi connectivity index (χ4n) is 2.40. The van der Waals surface area contributed by atoms with Gasteiger partial charge in [0.15, 0.2) is 5.78 Å². The van der Waals surface area contributed by atoms with Gasteiger partial charge in [-0.2, -0.15) is 0 Å². The lowest BCUT2D eigenvalue weighted by molar-refractivity contribution is -0.174. The van der Waals surface area contributed by atoms with Gasteiger partial charge >= 0.3 is 17.9 Å². The Labute approximate surface area is 116 Å². The molecule has 1 rings (SSSR count). The monoisotopic (exact) mass is 286 g/mol. The number of esters is 2. The predicted molar refractivity (Wildman–Crippen MR) is 65.7 cm³/mol. The van der Waals surface area contributed by atoms with Gasteiger partial charge in [0.2, 0.25) is 5.41 Å². The highest BCUT2D eigenvalue weighted by Crippen LogP contribution is 2.42. The lowest BCUT2D eigenvalue weighted by Crippen LogP contribution is -2.46. The Kier molecular flexibility index (Phi) is 5.24. The molecule has 1 atom stereocenters. The van der Waals surface area contributed by atoms with Crippen LogP contribution in [0.3, 0.4) is 0 Å². The van der Waals surface area contributed by atoms with E-state index >= 15 is 0 Å². The Balaban J connectivity index is 3.07. The van der Waals surface area contributed by atoms with Gasteiger partial charge in [0.1, 0.15) is 0 Å². The lowest BCUT2D eigenvalue weighted by atomic mass is 9.83. The number of carboxylic acid groups (broad SMARTS) is 1. The van der Waals surface area contributed by atoms with E-state index in [-0.39, 0.29) is 26.1 Å². The van der Waals surface area contributed by atoms with Crippen molar-refractivity contribution in [1.29, 1.82) is 0 Å². The van der Waals surface area contributed by atoms with E-state index in [0.717, 1.165) is 0 Å². The van der Waals surface area contributed by atoms with Crippen LogP contribution >= 0.6 is 0 Å². The van der Waals surface area contributed by atoms with Gasteiger partial charge in [0, 0.05) is 5.92 Å². The van der Waals surface area contributed by atoms with E-state index in [0.29, 0.717) is 0 Å². The summed E-state index contributed by atoms with van der Waals surface area (Å²) in [5.41, 5.74) is -1.99. The molecule has 0 aromatic heterocycles. The number of ether oxygens (including phenoxy) is 2. The fourth-order valence-corrected chi connectivity index (χ4v) is 2.40. The molecule has 1 aliphatic rings. The topological polar surface area (TPSA) is 107 Å². The first-order valence-corrected chi connectivity index (χ1v) is 6.50. The molecule has 1 unspecified atom stereocenters. The van der Waals surface area contributed by atoms with Crippen molar-refractivity contribution in [3.05, 3.63) is 0 Å². The predicted octanol–water partition coefficient (Wildman–Crippen LogP) is 0.553. The molecule has 1 aliphatic carbocycles. The van der Waals surface area contributed by atoms with Crippen molar-refractivity contribution in [2.24, 2.45) is 11.3 Å². The number of ketones is 1. The second-order valence-corrected chi connectivity index (χ2v) is 4.54. The number of aliphatic carboxylic acids is 1. The number of carboxylic acids is 1. The molecule has 0 aromatic rings. The van der Waals surface area contributed by atoms with Crippen LogP contribution in [0.1, 0.15) is 33.1 Å². The first-order chi connectivity index (χ1) is 9.40. The molecule has 0 bridgehead atoms. The maximum atomic E-state index is 12.3. The van der Waals surface area contributed by atoms with Crippen LogP contribution in [-0.4, -0.2) is 42.0 Å². The normalized spacial score (nSPS) is 20.5. The molecule has 0 aromatic carbocycles.